The quantitative estimate of drug-likeness (QED) is 0.365. The second kappa shape index (κ2) is 12.7. The second-order valence-corrected chi connectivity index (χ2v) is 15.2. The summed E-state index contributed by atoms with van der Waals surface area (Å²) in [4.78, 5) is 11.0. The molecule has 0 spiro atoms. The number of hydrogen-bond donors (Lipinski definition) is 1. The maximum Gasteiger partial charge on any atom is 2.00 e. The average molecular weight is 482 g/mol. The molecule has 4 heteroatoms. The van der Waals surface area contributed by atoms with Gasteiger partial charge in [-0.1, -0.05) is 86.7 Å². The molecule has 0 saturated heterocycles. The first-order valence-electron chi connectivity index (χ1n) is 10.3. The fourth-order valence-electron chi connectivity index (χ4n) is 4.31. The Labute approximate surface area is 200 Å². The molecule has 1 aromatic carbocycles. The van der Waals surface area contributed by atoms with Crippen LogP contribution >= 0.6 is 16.1 Å². The van der Waals surface area contributed by atoms with Gasteiger partial charge < -0.3 is 4.89 Å². The maximum absolute atomic E-state index is 11.0. The Hall–Kier alpha value is 0.559. The largest absolute Gasteiger partial charge is 2.00 e. The van der Waals surface area contributed by atoms with E-state index in [0.29, 0.717) is 5.66 Å². The van der Waals surface area contributed by atoms with Gasteiger partial charge in [-0.25, -0.2) is 0 Å². The molecule has 0 bridgehead atoms. The van der Waals surface area contributed by atoms with Gasteiger partial charge in [0, 0.05) is 16.9 Å². The van der Waals surface area contributed by atoms with E-state index < -0.39 is 8.15 Å². The molecule has 1 aromatic rings. The van der Waals surface area contributed by atoms with Gasteiger partial charge in [-0.15, -0.1) is 0 Å². The molecule has 162 valence electrons. The average Bonchev–Trinajstić information content (AvgIpc) is 3.33. The standard InChI is InChI=1S/C21H31OP2.C5H5.Fe/c1-16(24(20(2,3)4)21(5,6)7)18-14-11-15-19(18)23(22)17-12-9-8-10-13-17;1-2-4-5-3-1;/h8-16,22H,1-7H3;1-5H;/q;;+2/t16-,23+;;/m1../s1. The van der Waals surface area contributed by atoms with E-state index >= 15 is 0 Å². The van der Waals surface area contributed by atoms with Crippen LogP contribution in [0.5, 0.6) is 0 Å². The topological polar surface area (TPSA) is 20.2 Å². The fourth-order valence-corrected chi connectivity index (χ4v) is 10.7. The first-order chi connectivity index (χ1) is 13.5. The molecule has 10 radical (unpaired) electrons. The maximum atomic E-state index is 11.0. The van der Waals surface area contributed by atoms with Crippen LogP contribution in [0.2, 0.25) is 0 Å². The second-order valence-electron chi connectivity index (χ2n) is 9.36. The summed E-state index contributed by atoms with van der Waals surface area (Å²) >= 11 is 0. The van der Waals surface area contributed by atoms with Gasteiger partial charge in [0.25, 0.3) is 0 Å². The van der Waals surface area contributed by atoms with Gasteiger partial charge in [0.05, 0.1) is 8.15 Å². The Morgan fingerprint density at radius 1 is 0.733 bits per heavy atom. The minimum absolute atomic E-state index is 0. The Morgan fingerprint density at radius 3 is 1.63 bits per heavy atom. The van der Waals surface area contributed by atoms with Crippen LogP contribution in [0.3, 0.4) is 0 Å². The van der Waals surface area contributed by atoms with Gasteiger partial charge in [-0.3, -0.25) is 0 Å². The van der Waals surface area contributed by atoms with Gasteiger partial charge in [0.15, 0.2) is 0 Å². The van der Waals surface area contributed by atoms with E-state index in [0.717, 1.165) is 11.0 Å². The summed E-state index contributed by atoms with van der Waals surface area (Å²) in [5.41, 5.74) is 1.59. The minimum Gasteiger partial charge on any atom is -0.368 e. The zero-order valence-corrected chi connectivity index (χ0v) is 22.2. The van der Waals surface area contributed by atoms with Crippen molar-refractivity contribution in [1.29, 1.82) is 0 Å². The van der Waals surface area contributed by atoms with Crippen LogP contribution in [-0.4, -0.2) is 20.9 Å². The molecule has 0 amide bonds. The van der Waals surface area contributed by atoms with E-state index in [2.05, 4.69) is 67.7 Å². The van der Waals surface area contributed by atoms with Gasteiger partial charge >= 0.3 is 17.1 Å². The predicted molar refractivity (Wildman–Crippen MR) is 132 cm³/mol. The SMILES string of the molecule is C[C@H]([C]1[CH][CH][CH][C]1[P@@](O)c1ccccc1)P(C(C)(C)C)C(C)(C)C.[CH]1[CH][CH][CH][CH]1.[Fe+2]. The molecule has 2 fully saturated rings. The first kappa shape index (κ1) is 28.6. The zero-order valence-electron chi connectivity index (χ0n) is 19.3. The fraction of sp³-hybridized carbons (Fsp3) is 0.385. The van der Waals surface area contributed by atoms with E-state index in [1.54, 1.807) is 0 Å². The molecule has 1 nitrogen and oxygen atoms in total. The summed E-state index contributed by atoms with van der Waals surface area (Å²) in [6, 6.07) is 10.1. The third kappa shape index (κ3) is 8.16. The van der Waals surface area contributed by atoms with Crippen molar-refractivity contribution >= 4 is 21.4 Å². The van der Waals surface area contributed by atoms with E-state index in [1.165, 1.54) is 5.92 Å². The van der Waals surface area contributed by atoms with Crippen molar-refractivity contribution in [1.82, 2.24) is 0 Å². The summed E-state index contributed by atoms with van der Waals surface area (Å²) in [5.74, 6) is 1.34. The molecule has 2 saturated carbocycles. The molecule has 0 unspecified atom stereocenters. The molecular formula is C26H36FeOP2+2. The smallest absolute Gasteiger partial charge is 0.368 e. The normalized spacial score (nSPS) is 20.4. The van der Waals surface area contributed by atoms with E-state index in [4.69, 9.17) is 0 Å². The van der Waals surface area contributed by atoms with E-state index in [9.17, 15) is 4.89 Å². The molecular weight excluding hydrogens is 446 g/mol. The Balaban J connectivity index is 0.000000655. The summed E-state index contributed by atoms with van der Waals surface area (Å²) in [7, 11) is -1.54. The Kier molecular flexibility index (Phi) is 12.1. The molecule has 2 aliphatic carbocycles. The van der Waals surface area contributed by atoms with Crippen molar-refractivity contribution in [2.24, 2.45) is 0 Å². The van der Waals surface area contributed by atoms with Crippen LogP contribution < -0.4 is 5.30 Å². The molecule has 0 aromatic heterocycles. The summed E-state index contributed by atoms with van der Waals surface area (Å²) < 4.78 is 0. The summed E-state index contributed by atoms with van der Waals surface area (Å²) in [6.07, 6.45) is 16.4. The van der Waals surface area contributed by atoms with Crippen molar-refractivity contribution in [2.75, 3.05) is 0 Å². The molecule has 3 rings (SSSR count). The Morgan fingerprint density at radius 2 is 1.20 bits per heavy atom. The Bertz CT molecular complexity index is 568. The van der Waals surface area contributed by atoms with Crippen LogP contribution in [0.25, 0.3) is 0 Å². The number of rotatable bonds is 4. The molecule has 2 aliphatic rings. The number of hydrogen-bond acceptors (Lipinski definition) is 1. The van der Waals surface area contributed by atoms with Gasteiger partial charge in [-0.05, 0) is 67.3 Å². The van der Waals surface area contributed by atoms with E-state index in [-0.39, 0.29) is 35.3 Å². The summed E-state index contributed by atoms with van der Waals surface area (Å²) in [6.45, 7) is 16.5. The molecule has 0 aliphatic heterocycles. The van der Waals surface area contributed by atoms with Gasteiger partial charge in [-0.2, -0.15) is 0 Å². The molecule has 1 N–H and O–H groups in total. The third-order valence-corrected chi connectivity index (χ3v) is 10.5. The molecule has 0 heterocycles. The third-order valence-electron chi connectivity index (χ3n) is 4.89. The van der Waals surface area contributed by atoms with Gasteiger partial charge in [0.1, 0.15) is 0 Å². The molecule has 2 atom stereocenters. The van der Waals surface area contributed by atoms with Crippen LogP contribution in [0.15, 0.2) is 30.3 Å². The van der Waals surface area contributed by atoms with Crippen LogP contribution in [0.4, 0.5) is 0 Å². The molecule has 30 heavy (non-hydrogen) atoms. The van der Waals surface area contributed by atoms with Crippen LogP contribution in [-0.2, 0) is 17.1 Å². The van der Waals surface area contributed by atoms with Crippen molar-refractivity contribution in [3.8, 4) is 0 Å². The van der Waals surface area contributed by atoms with Crippen molar-refractivity contribution in [3.63, 3.8) is 0 Å². The minimum atomic E-state index is -1.27. The van der Waals surface area contributed by atoms with Crippen LogP contribution in [0.1, 0.15) is 48.5 Å². The van der Waals surface area contributed by atoms with E-state index in [1.807, 2.05) is 62.4 Å². The van der Waals surface area contributed by atoms with Crippen molar-refractivity contribution in [2.45, 2.75) is 64.4 Å². The predicted octanol–water partition coefficient (Wildman–Crippen LogP) is 6.92. The first-order valence-corrected chi connectivity index (χ1v) is 13.0. The number of benzene rings is 1. The monoisotopic (exact) mass is 482 g/mol. The van der Waals surface area contributed by atoms with Crippen LogP contribution in [0, 0.1) is 62.9 Å². The summed E-state index contributed by atoms with van der Waals surface area (Å²) in [5, 5.41) is 1.57. The van der Waals surface area contributed by atoms with Crippen molar-refractivity contribution in [3.05, 3.63) is 93.3 Å². The van der Waals surface area contributed by atoms with Gasteiger partial charge in [0.2, 0.25) is 0 Å². The zero-order chi connectivity index (χ0) is 21.7. The van der Waals surface area contributed by atoms with Crippen molar-refractivity contribution < 1.29 is 22.0 Å².